The van der Waals surface area contributed by atoms with Crippen molar-refractivity contribution < 1.29 is 22.5 Å². The van der Waals surface area contributed by atoms with Gasteiger partial charge in [-0.1, -0.05) is 30.3 Å². The van der Waals surface area contributed by atoms with Gasteiger partial charge in [0.05, 0.1) is 18.1 Å². The topological polar surface area (TPSA) is 80.7 Å². The lowest BCUT2D eigenvalue weighted by molar-refractivity contribution is 0.103. The average Bonchev–Trinajstić information content (AvgIpc) is 2.53. The van der Waals surface area contributed by atoms with Crippen molar-refractivity contribution in [3.05, 3.63) is 65.7 Å². The van der Waals surface area contributed by atoms with Gasteiger partial charge in [0.1, 0.15) is 0 Å². The summed E-state index contributed by atoms with van der Waals surface area (Å²) in [6.07, 6.45) is 0. The van der Waals surface area contributed by atoms with Gasteiger partial charge in [-0.15, -0.1) is 0 Å². The van der Waals surface area contributed by atoms with Gasteiger partial charge in [0.25, 0.3) is 10.1 Å². The summed E-state index contributed by atoms with van der Waals surface area (Å²) in [6, 6.07) is 14.2. The number of aliphatic hydroxyl groups excluding tert-OH is 1. The van der Waals surface area contributed by atoms with E-state index in [9.17, 15) is 13.2 Å². The standard InChI is InChI=1S/C15H14O5S/c16-10-11-20-21(18,19)14-8-6-13(7-9-14)15(17)12-4-2-1-3-5-12/h1-9,16H,10-11H2. The maximum absolute atomic E-state index is 12.2. The molecule has 5 nitrogen and oxygen atoms in total. The Hall–Kier alpha value is -2.02. The lowest BCUT2D eigenvalue weighted by Gasteiger charge is -2.05. The Morgan fingerprint density at radius 2 is 1.52 bits per heavy atom. The van der Waals surface area contributed by atoms with E-state index in [1.165, 1.54) is 24.3 Å². The van der Waals surface area contributed by atoms with Crippen LogP contribution in [0.2, 0.25) is 0 Å². The highest BCUT2D eigenvalue weighted by atomic mass is 32.2. The van der Waals surface area contributed by atoms with Crippen molar-refractivity contribution >= 4 is 15.9 Å². The molecule has 110 valence electrons. The van der Waals surface area contributed by atoms with Crippen LogP contribution in [0.5, 0.6) is 0 Å². The van der Waals surface area contributed by atoms with Crippen LogP contribution in [-0.4, -0.2) is 32.5 Å². The molecule has 0 spiro atoms. The molecule has 2 rings (SSSR count). The van der Waals surface area contributed by atoms with Crippen LogP contribution in [0.1, 0.15) is 15.9 Å². The molecule has 0 saturated carbocycles. The van der Waals surface area contributed by atoms with Crippen molar-refractivity contribution in [3.8, 4) is 0 Å². The molecule has 0 atom stereocenters. The number of benzene rings is 2. The summed E-state index contributed by atoms with van der Waals surface area (Å²) >= 11 is 0. The molecule has 6 heteroatoms. The summed E-state index contributed by atoms with van der Waals surface area (Å²) in [5, 5.41) is 8.59. The third-order valence-corrected chi connectivity index (χ3v) is 4.10. The largest absolute Gasteiger partial charge is 0.394 e. The fraction of sp³-hybridized carbons (Fsp3) is 0.133. The van der Waals surface area contributed by atoms with Gasteiger partial charge in [-0.05, 0) is 24.3 Å². The third-order valence-electron chi connectivity index (χ3n) is 2.77. The van der Waals surface area contributed by atoms with E-state index < -0.39 is 10.1 Å². The van der Waals surface area contributed by atoms with E-state index in [4.69, 9.17) is 5.11 Å². The maximum Gasteiger partial charge on any atom is 0.297 e. The second-order valence-electron chi connectivity index (χ2n) is 4.22. The second-order valence-corrected chi connectivity index (χ2v) is 5.83. The van der Waals surface area contributed by atoms with Crippen LogP contribution in [0.3, 0.4) is 0 Å². The van der Waals surface area contributed by atoms with Gasteiger partial charge >= 0.3 is 0 Å². The van der Waals surface area contributed by atoms with E-state index in [0.29, 0.717) is 11.1 Å². The van der Waals surface area contributed by atoms with E-state index in [-0.39, 0.29) is 23.9 Å². The number of carbonyl (C=O) groups is 1. The van der Waals surface area contributed by atoms with E-state index in [1.54, 1.807) is 24.3 Å². The Kier molecular flexibility index (Phi) is 4.85. The van der Waals surface area contributed by atoms with Gasteiger partial charge in [-0.3, -0.25) is 8.98 Å². The van der Waals surface area contributed by atoms with Crippen molar-refractivity contribution in [1.82, 2.24) is 0 Å². The first-order chi connectivity index (χ1) is 10.0. The quantitative estimate of drug-likeness (QED) is 0.648. The number of hydrogen-bond acceptors (Lipinski definition) is 5. The first kappa shape index (κ1) is 15.4. The van der Waals surface area contributed by atoms with Gasteiger partial charge in [-0.25, -0.2) is 0 Å². The minimum absolute atomic E-state index is 0.0550. The molecule has 2 aromatic carbocycles. The monoisotopic (exact) mass is 306 g/mol. The lowest BCUT2D eigenvalue weighted by atomic mass is 10.0. The van der Waals surface area contributed by atoms with Crippen molar-refractivity contribution in [2.24, 2.45) is 0 Å². The zero-order valence-electron chi connectivity index (χ0n) is 11.1. The van der Waals surface area contributed by atoms with Gasteiger partial charge in [0.15, 0.2) is 5.78 Å². The second kappa shape index (κ2) is 6.62. The summed E-state index contributed by atoms with van der Waals surface area (Å²) in [6.45, 7) is -0.684. The Morgan fingerprint density at radius 3 is 2.10 bits per heavy atom. The summed E-state index contributed by atoms with van der Waals surface area (Å²) in [5.74, 6) is -0.184. The lowest BCUT2D eigenvalue weighted by Crippen LogP contribution is -2.10. The molecule has 0 heterocycles. The molecule has 0 aliphatic carbocycles. The summed E-state index contributed by atoms with van der Waals surface area (Å²) in [5.41, 5.74) is 0.923. The molecular weight excluding hydrogens is 292 g/mol. The molecule has 2 aromatic rings. The molecular formula is C15H14O5S. The van der Waals surface area contributed by atoms with Crippen LogP contribution in [0, 0.1) is 0 Å². The number of rotatable bonds is 6. The molecule has 0 unspecified atom stereocenters. The first-order valence-corrected chi connectivity index (χ1v) is 7.65. The summed E-state index contributed by atoms with van der Waals surface area (Å²) in [4.78, 5) is 12.1. The molecule has 0 radical (unpaired) electrons. The van der Waals surface area contributed by atoms with Crippen LogP contribution in [0.25, 0.3) is 0 Å². The number of aliphatic hydroxyl groups is 1. The van der Waals surface area contributed by atoms with Crippen LogP contribution in [-0.2, 0) is 14.3 Å². The molecule has 0 aliphatic rings. The minimum atomic E-state index is -3.90. The third kappa shape index (κ3) is 3.75. The Bertz CT molecular complexity index is 705. The molecule has 0 bridgehead atoms. The highest BCUT2D eigenvalue weighted by Gasteiger charge is 2.16. The van der Waals surface area contributed by atoms with Crippen molar-refractivity contribution in [2.45, 2.75) is 4.90 Å². The zero-order chi connectivity index (χ0) is 15.3. The Labute approximate surface area is 122 Å². The SMILES string of the molecule is O=C(c1ccccc1)c1ccc(S(=O)(=O)OCCO)cc1. The van der Waals surface area contributed by atoms with Gasteiger partial charge in [0.2, 0.25) is 0 Å². The summed E-state index contributed by atoms with van der Waals surface area (Å²) in [7, 11) is -3.90. The predicted molar refractivity (Wildman–Crippen MR) is 76.5 cm³/mol. The van der Waals surface area contributed by atoms with Gasteiger partial charge in [-0.2, -0.15) is 8.42 Å². The smallest absolute Gasteiger partial charge is 0.297 e. The van der Waals surface area contributed by atoms with Crippen LogP contribution in [0.15, 0.2) is 59.5 Å². The predicted octanol–water partition coefficient (Wildman–Crippen LogP) is 1.62. The number of hydrogen-bond donors (Lipinski definition) is 1. The van der Waals surface area contributed by atoms with E-state index in [1.807, 2.05) is 6.07 Å². The molecule has 1 N–H and O–H groups in total. The minimum Gasteiger partial charge on any atom is -0.394 e. The molecule has 0 amide bonds. The fourth-order valence-corrected chi connectivity index (χ4v) is 2.64. The van der Waals surface area contributed by atoms with E-state index in [0.717, 1.165) is 0 Å². The van der Waals surface area contributed by atoms with Crippen LogP contribution >= 0.6 is 0 Å². The fourth-order valence-electron chi connectivity index (χ4n) is 1.74. The molecule has 0 fully saturated rings. The first-order valence-electron chi connectivity index (χ1n) is 6.25. The normalized spacial score (nSPS) is 11.3. The molecule has 0 aliphatic heterocycles. The molecule has 0 saturated heterocycles. The van der Waals surface area contributed by atoms with Crippen LogP contribution in [0.4, 0.5) is 0 Å². The highest BCUT2D eigenvalue weighted by molar-refractivity contribution is 7.86. The summed E-state index contributed by atoms with van der Waals surface area (Å²) < 4.78 is 28.0. The molecule has 21 heavy (non-hydrogen) atoms. The number of ketones is 1. The highest BCUT2D eigenvalue weighted by Crippen LogP contribution is 2.16. The van der Waals surface area contributed by atoms with E-state index >= 15 is 0 Å². The number of carbonyl (C=O) groups excluding carboxylic acids is 1. The van der Waals surface area contributed by atoms with Crippen molar-refractivity contribution in [2.75, 3.05) is 13.2 Å². The van der Waals surface area contributed by atoms with Gasteiger partial charge in [0, 0.05) is 11.1 Å². The van der Waals surface area contributed by atoms with Crippen LogP contribution < -0.4 is 0 Å². The Morgan fingerprint density at radius 1 is 0.952 bits per heavy atom. The average molecular weight is 306 g/mol. The zero-order valence-corrected chi connectivity index (χ0v) is 11.9. The Balaban J connectivity index is 2.22. The maximum atomic E-state index is 12.2. The molecule has 0 aromatic heterocycles. The van der Waals surface area contributed by atoms with Crippen molar-refractivity contribution in [1.29, 1.82) is 0 Å². The van der Waals surface area contributed by atoms with Crippen molar-refractivity contribution in [3.63, 3.8) is 0 Å². The van der Waals surface area contributed by atoms with E-state index in [2.05, 4.69) is 4.18 Å². The van der Waals surface area contributed by atoms with Gasteiger partial charge < -0.3 is 5.11 Å².